The second kappa shape index (κ2) is 2.17. The van der Waals surface area contributed by atoms with Gasteiger partial charge in [0.15, 0.2) is 0 Å². The fraction of sp³-hybridized carbons (Fsp3) is 0.286. The molecule has 0 fully saturated rings. The highest BCUT2D eigenvalue weighted by Gasteiger charge is 2.12. The lowest BCUT2D eigenvalue weighted by Crippen LogP contribution is -1.97. The molecule has 0 aliphatic carbocycles. The zero-order chi connectivity index (χ0) is 7.72. The Labute approximate surface area is 58.3 Å². The Morgan fingerprint density at radius 3 is 2.40 bits per heavy atom. The molecule has 10 heavy (non-hydrogen) atoms. The first-order chi connectivity index (χ1) is 4.63. The van der Waals surface area contributed by atoms with Gasteiger partial charge < -0.3 is 9.52 Å². The summed E-state index contributed by atoms with van der Waals surface area (Å²) < 4.78 is 4.88. The topological polar surface area (TPSA) is 50.4 Å². The highest BCUT2D eigenvalue weighted by atomic mass is 16.4. The predicted octanol–water partition coefficient (Wildman–Crippen LogP) is 1.59. The maximum Gasteiger partial charge on any atom is 0.339 e. The van der Waals surface area contributed by atoms with Gasteiger partial charge in [0.1, 0.15) is 11.3 Å². The molecule has 1 aromatic heterocycles. The second-order valence-electron chi connectivity index (χ2n) is 2.16. The zero-order valence-corrected chi connectivity index (χ0v) is 5.84. The van der Waals surface area contributed by atoms with Gasteiger partial charge in [0.2, 0.25) is 0 Å². The summed E-state index contributed by atoms with van der Waals surface area (Å²) in [7, 11) is 0. The maximum absolute atomic E-state index is 10.4. The molecule has 0 radical (unpaired) electrons. The average Bonchev–Trinajstić information content (AvgIpc) is 2.11. The Morgan fingerprint density at radius 1 is 1.60 bits per heavy atom. The number of aryl methyl sites for hydroxylation is 2. The number of hydrogen-bond donors (Lipinski definition) is 1. The van der Waals surface area contributed by atoms with E-state index in [-0.39, 0.29) is 5.56 Å². The average molecular weight is 140 g/mol. The van der Waals surface area contributed by atoms with Crippen molar-refractivity contribution >= 4 is 5.97 Å². The molecule has 3 heteroatoms. The van der Waals surface area contributed by atoms with Gasteiger partial charge >= 0.3 is 5.97 Å². The van der Waals surface area contributed by atoms with Crippen molar-refractivity contribution in [2.45, 2.75) is 13.8 Å². The molecule has 0 saturated carbocycles. The van der Waals surface area contributed by atoms with Gasteiger partial charge in [0, 0.05) is 5.56 Å². The van der Waals surface area contributed by atoms with Crippen LogP contribution in [0.4, 0.5) is 0 Å². The van der Waals surface area contributed by atoms with Crippen molar-refractivity contribution in [1.29, 1.82) is 0 Å². The molecule has 0 unspecified atom stereocenters. The van der Waals surface area contributed by atoms with Gasteiger partial charge in [0.05, 0.1) is 6.26 Å². The molecule has 0 aliphatic heterocycles. The van der Waals surface area contributed by atoms with Crippen LogP contribution in [0.3, 0.4) is 0 Å². The standard InChI is InChI=1S/C7H8O3/c1-4-3-10-5(2)6(4)7(8)9/h3H,1-2H3,(H,8,9). The summed E-state index contributed by atoms with van der Waals surface area (Å²) in [5.41, 5.74) is 0.949. The lowest BCUT2D eigenvalue weighted by molar-refractivity contribution is 0.0694. The van der Waals surface area contributed by atoms with Gasteiger partial charge in [-0.05, 0) is 13.8 Å². The lowest BCUT2D eigenvalue weighted by atomic mass is 10.2. The third kappa shape index (κ3) is 0.900. The van der Waals surface area contributed by atoms with Gasteiger partial charge in [-0.25, -0.2) is 4.79 Å². The number of hydrogen-bond acceptors (Lipinski definition) is 2. The molecule has 54 valence electrons. The van der Waals surface area contributed by atoms with Crippen LogP contribution in [0, 0.1) is 13.8 Å². The minimum absolute atomic E-state index is 0.278. The molecule has 1 heterocycles. The highest BCUT2D eigenvalue weighted by molar-refractivity contribution is 5.90. The molecule has 0 spiro atoms. The van der Waals surface area contributed by atoms with E-state index in [9.17, 15) is 4.79 Å². The minimum Gasteiger partial charge on any atom is -0.478 e. The summed E-state index contributed by atoms with van der Waals surface area (Å²) in [6.45, 7) is 3.34. The zero-order valence-electron chi connectivity index (χ0n) is 5.84. The summed E-state index contributed by atoms with van der Waals surface area (Å²) in [6, 6.07) is 0. The van der Waals surface area contributed by atoms with E-state index in [1.54, 1.807) is 13.8 Å². The molecule has 0 aliphatic rings. The first kappa shape index (κ1) is 6.86. The number of aromatic carboxylic acids is 1. The van der Waals surface area contributed by atoms with Crippen molar-refractivity contribution in [3.05, 3.63) is 23.2 Å². The Hall–Kier alpha value is -1.25. The van der Waals surface area contributed by atoms with Gasteiger partial charge in [-0.15, -0.1) is 0 Å². The van der Waals surface area contributed by atoms with Crippen molar-refractivity contribution in [2.24, 2.45) is 0 Å². The van der Waals surface area contributed by atoms with Gasteiger partial charge in [-0.1, -0.05) is 0 Å². The Morgan fingerprint density at radius 2 is 2.20 bits per heavy atom. The largest absolute Gasteiger partial charge is 0.478 e. The number of rotatable bonds is 1. The van der Waals surface area contributed by atoms with Gasteiger partial charge in [0.25, 0.3) is 0 Å². The van der Waals surface area contributed by atoms with Crippen LogP contribution in [-0.4, -0.2) is 11.1 Å². The molecule has 0 aromatic carbocycles. The van der Waals surface area contributed by atoms with E-state index in [2.05, 4.69) is 0 Å². The normalized spacial score (nSPS) is 9.80. The third-order valence-corrected chi connectivity index (χ3v) is 1.37. The van der Waals surface area contributed by atoms with Crippen molar-refractivity contribution in [1.82, 2.24) is 0 Å². The predicted molar refractivity (Wildman–Crippen MR) is 35.1 cm³/mol. The van der Waals surface area contributed by atoms with Crippen LogP contribution >= 0.6 is 0 Å². The first-order valence-corrected chi connectivity index (χ1v) is 2.91. The van der Waals surface area contributed by atoms with Gasteiger partial charge in [-0.3, -0.25) is 0 Å². The Balaban J connectivity index is 3.23. The summed E-state index contributed by atoms with van der Waals surface area (Å²) >= 11 is 0. The van der Waals surface area contributed by atoms with Crippen LogP contribution < -0.4 is 0 Å². The van der Waals surface area contributed by atoms with E-state index < -0.39 is 5.97 Å². The van der Waals surface area contributed by atoms with E-state index in [1.165, 1.54) is 6.26 Å². The van der Waals surface area contributed by atoms with Crippen molar-refractivity contribution in [3.8, 4) is 0 Å². The number of carboxylic acids is 1. The lowest BCUT2D eigenvalue weighted by Gasteiger charge is -1.89. The second-order valence-corrected chi connectivity index (χ2v) is 2.16. The van der Waals surface area contributed by atoms with E-state index in [0.717, 1.165) is 0 Å². The Bertz CT molecular complexity index is 240. The maximum atomic E-state index is 10.4. The monoisotopic (exact) mass is 140 g/mol. The molecule has 1 N–H and O–H groups in total. The van der Waals surface area contributed by atoms with E-state index in [0.29, 0.717) is 11.3 Å². The fourth-order valence-electron chi connectivity index (χ4n) is 0.892. The molecular formula is C7H8O3. The molecule has 0 atom stereocenters. The summed E-state index contributed by atoms with van der Waals surface area (Å²) in [6.07, 6.45) is 1.44. The third-order valence-electron chi connectivity index (χ3n) is 1.37. The molecule has 0 amide bonds. The summed E-state index contributed by atoms with van der Waals surface area (Å²) in [4.78, 5) is 10.4. The molecule has 0 bridgehead atoms. The van der Waals surface area contributed by atoms with E-state index in [1.807, 2.05) is 0 Å². The van der Waals surface area contributed by atoms with Crippen LogP contribution in [0.5, 0.6) is 0 Å². The van der Waals surface area contributed by atoms with Crippen LogP contribution in [0.15, 0.2) is 10.7 Å². The smallest absolute Gasteiger partial charge is 0.339 e. The van der Waals surface area contributed by atoms with Crippen molar-refractivity contribution in [3.63, 3.8) is 0 Å². The summed E-state index contributed by atoms with van der Waals surface area (Å²) in [5, 5.41) is 8.58. The van der Waals surface area contributed by atoms with Crippen molar-refractivity contribution < 1.29 is 14.3 Å². The Kier molecular flexibility index (Phi) is 1.49. The van der Waals surface area contributed by atoms with E-state index in [4.69, 9.17) is 9.52 Å². The highest BCUT2D eigenvalue weighted by Crippen LogP contribution is 2.14. The number of carbonyl (C=O) groups is 1. The van der Waals surface area contributed by atoms with Crippen LogP contribution in [-0.2, 0) is 0 Å². The van der Waals surface area contributed by atoms with Crippen LogP contribution in [0.1, 0.15) is 21.7 Å². The molecule has 0 saturated heterocycles. The van der Waals surface area contributed by atoms with Crippen LogP contribution in [0.25, 0.3) is 0 Å². The van der Waals surface area contributed by atoms with E-state index >= 15 is 0 Å². The molecular weight excluding hydrogens is 132 g/mol. The first-order valence-electron chi connectivity index (χ1n) is 2.91. The quantitative estimate of drug-likeness (QED) is 0.644. The molecule has 1 rings (SSSR count). The van der Waals surface area contributed by atoms with Crippen molar-refractivity contribution in [2.75, 3.05) is 0 Å². The minimum atomic E-state index is -0.927. The number of carboxylic acid groups (broad SMARTS) is 1. The summed E-state index contributed by atoms with van der Waals surface area (Å²) in [5.74, 6) is -0.464. The number of furan rings is 1. The molecule has 1 aromatic rings. The SMILES string of the molecule is Cc1coc(C)c1C(=O)O. The van der Waals surface area contributed by atoms with Crippen LogP contribution in [0.2, 0.25) is 0 Å². The fourth-order valence-corrected chi connectivity index (χ4v) is 0.892. The molecule has 3 nitrogen and oxygen atoms in total. The van der Waals surface area contributed by atoms with Gasteiger partial charge in [-0.2, -0.15) is 0 Å².